The molecule has 1 N–H and O–H groups in total. The number of carbonyl (C=O) groups is 1. The topological polar surface area (TPSA) is 46.9 Å². The van der Waals surface area contributed by atoms with Crippen LogP contribution in [0.25, 0.3) is 10.9 Å². The van der Waals surface area contributed by atoms with Crippen LogP contribution in [0.4, 0.5) is 0 Å². The van der Waals surface area contributed by atoms with Gasteiger partial charge in [-0.25, -0.2) is 0 Å². The predicted molar refractivity (Wildman–Crippen MR) is 74.8 cm³/mol. The molecule has 0 aliphatic carbocycles. The Morgan fingerprint density at radius 2 is 2.26 bits per heavy atom. The molecule has 100 valence electrons. The van der Waals surface area contributed by atoms with Gasteiger partial charge in [-0.1, -0.05) is 18.2 Å². The monoisotopic (exact) mass is 257 g/mol. The summed E-state index contributed by atoms with van der Waals surface area (Å²) in [5.41, 5.74) is 2.22. The maximum absolute atomic E-state index is 11.9. The number of hydrogen-bond donors (Lipinski definition) is 1. The average Bonchev–Trinajstić information content (AvgIpc) is 2.80. The summed E-state index contributed by atoms with van der Waals surface area (Å²) in [4.78, 5) is 11.9. The molecule has 1 aliphatic rings. The van der Waals surface area contributed by atoms with Gasteiger partial charge in [0.25, 0.3) is 0 Å². The number of piperidine rings is 1. The van der Waals surface area contributed by atoms with E-state index in [9.17, 15) is 4.79 Å². The minimum atomic E-state index is 0.0809. The summed E-state index contributed by atoms with van der Waals surface area (Å²) in [6.07, 6.45) is 2.79. The normalized spacial score (nSPS) is 19.6. The highest BCUT2D eigenvalue weighted by Crippen LogP contribution is 2.23. The molecule has 1 unspecified atom stereocenters. The van der Waals surface area contributed by atoms with Crippen LogP contribution in [0, 0.1) is 5.92 Å². The second-order valence-corrected chi connectivity index (χ2v) is 5.11. The number of aryl methyl sites for hydroxylation is 1. The van der Waals surface area contributed by atoms with E-state index >= 15 is 0 Å². The zero-order valence-corrected chi connectivity index (χ0v) is 11.2. The third-order valence-corrected chi connectivity index (χ3v) is 3.87. The summed E-state index contributed by atoms with van der Waals surface area (Å²) in [6, 6.07) is 8.27. The van der Waals surface area contributed by atoms with Crippen molar-refractivity contribution in [1.29, 1.82) is 0 Å². The van der Waals surface area contributed by atoms with Gasteiger partial charge in [0, 0.05) is 30.8 Å². The fraction of sp³-hybridized carbons (Fsp3) is 0.467. The highest BCUT2D eigenvalue weighted by Gasteiger charge is 2.24. The molecule has 3 rings (SSSR count). The van der Waals surface area contributed by atoms with Crippen molar-refractivity contribution >= 4 is 16.8 Å². The molecule has 2 aromatic rings. The number of fused-ring (bicyclic) bond motifs is 1. The van der Waals surface area contributed by atoms with Crippen molar-refractivity contribution in [1.82, 2.24) is 15.1 Å². The van der Waals surface area contributed by atoms with Gasteiger partial charge in [0.05, 0.1) is 11.2 Å². The van der Waals surface area contributed by atoms with E-state index in [-0.39, 0.29) is 11.8 Å². The van der Waals surface area contributed by atoms with Crippen LogP contribution in [0.1, 0.15) is 25.5 Å². The quantitative estimate of drug-likeness (QED) is 0.915. The zero-order valence-electron chi connectivity index (χ0n) is 11.2. The third-order valence-electron chi connectivity index (χ3n) is 3.87. The first-order valence-electron chi connectivity index (χ1n) is 7.01. The third kappa shape index (κ3) is 2.23. The van der Waals surface area contributed by atoms with Gasteiger partial charge in [-0.3, -0.25) is 9.48 Å². The lowest BCUT2D eigenvalue weighted by Crippen LogP contribution is -2.37. The number of aromatic nitrogens is 2. The Morgan fingerprint density at radius 1 is 1.42 bits per heavy atom. The zero-order chi connectivity index (χ0) is 13.2. The number of benzene rings is 1. The molecule has 1 aliphatic heterocycles. The molecule has 0 spiro atoms. The van der Waals surface area contributed by atoms with Gasteiger partial charge in [0.2, 0.25) is 5.91 Å². The lowest BCUT2D eigenvalue weighted by atomic mass is 9.93. The highest BCUT2D eigenvalue weighted by atomic mass is 16.1. The fourth-order valence-corrected chi connectivity index (χ4v) is 2.85. The van der Waals surface area contributed by atoms with Gasteiger partial charge < -0.3 is 5.32 Å². The van der Waals surface area contributed by atoms with Crippen LogP contribution in [0.15, 0.2) is 24.3 Å². The Kier molecular flexibility index (Phi) is 3.23. The van der Waals surface area contributed by atoms with Gasteiger partial charge in [-0.2, -0.15) is 5.10 Å². The molecule has 0 saturated carbocycles. The summed E-state index contributed by atoms with van der Waals surface area (Å²) in [6.45, 7) is 3.77. The van der Waals surface area contributed by atoms with E-state index in [0.29, 0.717) is 0 Å². The Morgan fingerprint density at radius 3 is 3.05 bits per heavy atom. The van der Waals surface area contributed by atoms with Crippen molar-refractivity contribution in [3.05, 3.63) is 30.0 Å². The number of nitrogens with zero attached hydrogens (tertiary/aromatic N) is 2. The molecule has 1 aromatic carbocycles. The van der Waals surface area contributed by atoms with Gasteiger partial charge in [-0.05, 0) is 25.8 Å². The van der Waals surface area contributed by atoms with E-state index in [1.165, 1.54) is 5.39 Å². The van der Waals surface area contributed by atoms with Crippen molar-refractivity contribution in [2.24, 2.45) is 5.92 Å². The van der Waals surface area contributed by atoms with E-state index in [0.717, 1.165) is 43.6 Å². The van der Waals surface area contributed by atoms with Crippen molar-refractivity contribution in [3.8, 4) is 0 Å². The summed E-state index contributed by atoms with van der Waals surface area (Å²) in [5, 5.41) is 8.80. The molecule has 4 nitrogen and oxygen atoms in total. The molecule has 1 saturated heterocycles. The maximum Gasteiger partial charge on any atom is 0.223 e. The van der Waals surface area contributed by atoms with E-state index < -0.39 is 0 Å². The lowest BCUT2D eigenvalue weighted by molar-refractivity contribution is -0.126. The van der Waals surface area contributed by atoms with Gasteiger partial charge >= 0.3 is 0 Å². The van der Waals surface area contributed by atoms with E-state index in [1.807, 2.05) is 16.8 Å². The smallest absolute Gasteiger partial charge is 0.223 e. The first-order chi connectivity index (χ1) is 9.29. The van der Waals surface area contributed by atoms with Crippen LogP contribution < -0.4 is 5.32 Å². The first kappa shape index (κ1) is 12.2. The second kappa shape index (κ2) is 5.03. The van der Waals surface area contributed by atoms with Crippen LogP contribution in [0.3, 0.4) is 0 Å². The van der Waals surface area contributed by atoms with E-state index in [4.69, 9.17) is 0 Å². The minimum Gasteiger partial charge on any atom is -0.356 e. The Bertz CT molecular complexity index is 602. The molecular formula is C15H19N3O. The molecule has 1 aromatic heterocycles. The van der Waals surface area contributed by atoms with E-state index in [1.54, 1.807) is 0 Å². The molecule has 2 heterocycles. The molecule has 1 amide bonds. The van der Waals surface area contributed by atoms with Crippen molar-refractivity contribution < 1.29 is 4.79 Å². The van der Waals surface area contributed by atoms with E-state index in [2.05, 4.69) is 29.5 Å². The second-order valence-electron chi connectivity index (χ2n) is 5.11. The fourth-order valence-electron chi connectivity index (χ4n) is 2.85. The van der Waals surface area contributed by atoms with Crippen molar-refractivity contribution in [2.45, 2.75) is 32.7 Å². The number of amides is 1. The summed E-state index contributed by atoms with van der Waals surface area (Å²) >= 11 is 0. The largest absolute Gasteiger partial charge is 0.356 e. The van der Waals surface area contributed by atoms with Gasteiger partial charge in [0.1, 0.15) is 0 Å². The van der Waals surface area contributed by atoms with Crippen molar-refractivity contribution in [3.63, 3.8) is 0 Å². The van der Waals surface area contributed by atoms with Crippen molar-refractivity contribution in [2.75, 3.05) is 6.54 Å². The van der Waals surface area contributed by atoms with Crippen LogP contribution in [0.2, 0.25) is 0 Å². The SMILES string of the molecule is CCn1nc(CC2CCCNC2=O)c2ccccc21. The number of nitrogens with one attached hydrogen (secondary N) is 1. The lowest BCUT2D eigenvalue weighted by Gasteiger charge is -2.20. The van der Waals surface area contributed by atoms with Crippen LogP contribution >= 0.6 is 0 Å². The average molecular weight is 257 g/mol. The van der Waals surface area contributed by atoms with Crippen LogP contribution in [-0.4, -0.2) is 22.2 Å². The Labute approximate surface area is 112 Å². The standard InChI is InChI=1S/C15H19N3O/c1-2-18-14-8-4-3-7-12(14)13(17-18)10-11-6-5-9-16-15(11)19/h3-4,7-8,11H,2,5-6,9-10H2,1H3,(H,16,19). The summed E-state index contributed by atoms with van der Waals surface area (Å²) < 4.78 is 2.02. The molecule has 1 atom stereocenters. The molecular weight excluding hydrogens is 238 g/mol. The number of carbonyl (C=O) groups excluding carboxylic acids is 1. The number of para-hydroxylation sites is 1. The first-order valence-corrected chi connectivity index (χ1v) is 7.01. The highest BCUT2D eigenvalue weighted by molar-refractivity contribution is 5.84. The summed E-state index contributed by atoms with van der Waals surface area (Å²) in [7, 11) is 0. The van der Waals surface area contributed by atoms with Crippen LogP contribution in [0.5, 0.6) is 0 Å². The molecule has 1 fully saturated rings. The molecule has 0 bridgehead atoms. The number of rotatable bonds is 3. The van der Waals surface area contributed by atoms with Crippen LogP contribution in [-0.2, 0) is 17.8 Å². The maximum atomic E-state index is 11.9. The number of hydrogen-bond acceptors (Lipinski definition) is 2. The molecule has 0 radical (unpaired) electrons. The minimum absolute atomic E-state index is 0.0809. The summed E-state index contributed by atoms with van der Waals surface area (Å²) in [5.74, 6) is 0.263. The van der Waals surface area contributed by atoms with Gasteiger partial charge in [-0.15, -0.1) is 0 Å². The predicted octanol–water partition coefficient (Wildman–Crippen LogP) is 2.12. The molecule has 19 heavy (non-hydrogen) atoms. The Balaban J connectivity index is 1.94. The Hall–Kier alpha value is -1.84. The van der Waals surface area contributed by atoms with Gasteiger partial charge in [0.15, 0.2) is 0 Å². The molecule has 4 heteroatoms.